The van der Waals surface area contributed by atoms with Crippen molar-refractivity contribution < 1.29 is 5.11 Å². The van der Waals surface area contributed by atoms with Crippen LogP contribution in [0.4, 0.5) is 0 Å². The van der Waals surface area contributed by atoms with Gasteiger partial charge in [0.15, 0.2) is 0 Å². The number of aromatic nitrogens is 2. The second kappa shape index (κ2) is 4.82. The Morgan fingerprint density at radius 2 is 1.95 bits per heavy atom. The molecule has 1 heterocycles. The average Bonchev–Trinajstić information content (AvgIpc) is 2.83. The van der Waals surface area contributed by atoms with Crippen molar-refractivity contribution in [3.8, 4) is 0 Å². The molecule has 0 aliphatic heterocycles. The molecule has 0 fully saturated rings. The van der Waals surface area contributed by atoms with Crippen LogP contribution in [-0.4, -0.2) is 14.7 Å². The van der Waals surface area contributed by atoms with Crippen LogP contribution in [0.15, 0.2) is 36.7 Å². The largest absolute Gasteiger partial charge is 0.384 e. The van der Waals surface area contributed by atoms with Gasteiger partial charge < -0.3 is 9.67 Å². The molecule has 3 heteroatoms. The minimum Gasteiger partial charge on any atom is -0.384 e. The van der Waals surface area contributed by atoms with Crippen LogP contribution in [0.3, 0.4) is 0 Å². The first-order valence-corrected chi connectivity index (χ1v) is 6.97. The van der Waals surface area contributed by atoms with Crippen molar-refractivity contribution in [2.75, 3.05) is 0 Å². The van der Waals surface area contributed by atoms with Crippen LogP contribution >= 0.6 is 0 Å². The highest BCUT2D eigenvalue weighted by atomic mass is 16.3. The lowest BCUT2D eigenvalue weighted by Crippen LogP contribution is -2.28. The summed E-state index contributed by atoms with van der Waals surface area (Å²) in [7, 11) is 0. The fraction of sp³-hybridized carbons (Fsp3) is 0.438. The Balaban J connectivity index is 1.87. The van der Waals surface area contributed by atoms with Gasteiger partial charge in [-0.2, -0.15) is 0 Å². The molecular formula is C16H20N2O. The molecule has 0 spiro atoms. The molecule has 19 heavy (non-hydrogen) atoms. The van der Waals surface area contributed by atoms with Gasteiger partial charge in [-0.3, -0.25) is 0 Å². The Labute approximate surface area is 113 Å². The summed E-state index contributed by atoms with van der Waals surface area (Å²) in [5.41, 5.74) is 2.62. The molecule has 1 unspecified atom stereocenters. The van der Waals surface area contributed by atoms with Crippen molar-refractivity contribution in [2.45, 2.75) is 44.8 Å². The van der Waals surface area contributed by atoms with Crippen LogP contribution in [0.5, 0.6) is 0 Å². The first kappa shape index (κ1) is 12.4. The average molecular weight is 256 g/mol. The highest BCUT2D eigenvalue weighted by Gasteiger charge is 2.26. The van der Waals surface area contributed by atoms with Crippen molar-refractivity contribution in [3.63, 3.8) is 0 Å². The third-order valence-electron chi connectivity index (χ3n) is 3.98. The Kier molecular flexibility index (Phi) is 3.15. The molecule has 1 aromatic carbocycles. The van der Waals surface area contributed by atoms with E-state index in [9.17, 15) is 5.11 Å². The summed E-state index contributed by atoms with van der Waals surface area (Å²) >= 11 is 0. The normalized spacial score (nSPS) is 17.8. The van der Waals surface area contributed by atoms with E-state index >= 15 is 0 Å². The van der Waals surface area contributed by atoms with Gasteiger partial charge >= 0.3 is 0 Å². The van der Waals surface area contributed by atoms with Crippen LogP contribution in [0.25, 0.3) is 0 Å². The molecule has 2 aromatic rings. The summed E-state index contributed by atoms with van der Waals surface area (Å²) in [6, 6.07) is 9.85. The predicted molar refractivity (Wildman–Crippen MR) is 74.9 cm³/mol. The van der Waals surface area contributed by atoms with E-state index in [1.165, 1.54) is 24.2 Å². The maximum absolute atomic E-state index is 10.7. The van der Waals surface area contributed by atoms with Gasteiger partial charge in [0.1, 0.15) is 5.60 Å². The van der Waals surface area contributed by atoms with Crippen LogP contribution < -0.4 is 0 Å². The van der Waals surface area contributed by atoms with Gasteiger partial charge in [-0.15, -0.1) is 0 Å². The molecule has 0 saturated heterocycles. The van der Waals surface area contributed by atoms with Gasteiger partial charge in [0, 0.05) is 5.69 Å². The summed E-state index contributed by atoms with van der Waals surface area (Å²) in [5.74, 6) is 0. The number of hydrogen-bond acceptors (Lipinski definition) is 2. The summed E-state index contributed by atoms with van der Waals surface area (Å²) in [5, 5.41) is 10.7. The Morgan fingerprint density at radius 3 is 2.74 bits per heavy atom. The maximum Gasteiger partial charge on any atom is 0.105 e. The quantitative estimate of drug-likeness (QED) is 0.917. The van der Waals surface area contributed by atoms with Crippen molar-refractivity contribution in [3.05, 3.63) is 53.6 Å². The fourth-order valence-corrected chi connectivity index (χ4v) is 2.89. The number of rotatable bonds is 3. The van der Waals surface area contributed by atoms with Gasteiger partial charge in [0.2, 0.25) is 0 Å². The van der Waals surface area contributed by atoms with E-state index in [0.29, 0.717) is 6.54 Å². The molecular weight excluding hydrogens is 236 g/mol. The van der Waals surface area contributed by atoms with Crippen molar-refractivity contribution in [1.82, 2.24) is 9.55 Å². The first-order valence-electron chi connectivity index (χ1n) is 6.97. The van der Waals surface area contributed by atoms with E-state index in [1.54, 1.807) is 0 Å². The third-order valence-corrected chi connectivity index (χ3v) is 3.98. The van der Waals surface area contributed by atoms with Gasteiger partial charge in [0.05, 0.1) is 18.6 Å². The number of fused-ring (bicyclic) bond motifs is 1. The summed E-state index contributed by atoms with van der Waals surface area (Å²) in [6.07, 6.45) is 6.51. The monoisotopic (exact) mass is 256 g/mol. The lowest BCUT2D eigenvalue weighted by Gasteiger charge is -2.26. The lowest BCUT2D eigenvalue weighted by molar-refractivity contribution is 0.0374. The molecule has 1 N–H and O–H groups in total. The molecule has 0 bridgehead atoms. The second-order valence-corrected chi connectivity index (χ2v) is 5.61. The zero-order valence-electron chi connectivity index (χ0n) is 11.3. The van der Waals surface area contributed by atoms with E-state index < -0.39 is 5.60 Å². The number of aliphatic hydroxyl groups is 1. The Hall–Kier alpha value is -1.61. The van der Waals surface area contributed by atoms with Gasteiger partial charge in [0.25, 0.3) is 0 Å². The Bertz CT molecular complexity index is 557. The minimum atomic E-state index is -0.854. The Morgan fingerprint density at radius 1 is 1.21 bits per heavy atom. The van der Waals surface area contributed by atoms with Crippen molar-refractivity contribution >= 4 is 0 Å². The summed E-state index contributed by atoms with van der Waals surface area (Å²) in [6.45, 7) is 2.44. The molecule has 1 atom stereocenters. The maximum atomic E-state index is 10.7. The molecule has 0 radical (unpaired) electrons. The number of nitrogens with zero attached hydrogens (tertiary/aromatic N) is 2. The molecule has 3 rings (SSSR count). The summed E-state index contributed by atoms with van der Waals surface area (Å²) in [4.78, 5) is 4.49. The van der Waals surface area contributed by atoms with E-state index in [2.05, 4.69) is 9.55 Å². The molecule has 1 aliphatic carbocycles. The highest BCUT2D eigenvalue weighted by molar-refractivity contribution is 5.23. The van der Waals surface area contributed by atoms with Crippen LogP contribution in [0.2, 0.25) is 0 Å². The zero-order chi connectivity index (χ0) is 13.3. The highest BCUT2D eigenvalue weighted by Crippen LogP contribution is 2.26. The fourth-order valence-electron chi connectivity index (χ4n) is 2.89. The number of aryl methyl sites for hydroxylation is 1. The lowest BCUT2D eigenvalue weighted by atomic mass is 9.95. The van der Waals surface area contributed by atoms with Crippen molar-refractivity contribution in [2.24, 2.45) is 0 Å². The van der Waals surface area contributed by atoms with Crippen LogP contribution in [0.1, 0.15) is 36.7 Å². The third kappa shape index (κ3) is 2.43. The molecule has 3 nitrogen and oxygen atoms in total. The van der Waals surface area contributed by atoms with Gasteiger partial charge in [-0.05, 0) is 38.2 Å². The topological polar surface area (TPSA) is 38.0 Å². The van der Waals surface area contributed by atoms with Crippen LogP contribution in [-0.2, 0) is 25.0 Å². The molecule has 0 amide bonds. The number of hydrogen-bond donors (Lipinski definition) is 1. The minimum absolute atomic E-state index is 0.569. The number of benzene rings is 1. The molecule has 1 aliphatic rings. The predicted octanol–water partition coefficient (Wildman–Crippen LogP) is 2.67. The van der Waals surface area contributed by atoms with Gasteiger partial charge in [-0.25, -0.2) is 4.98 Å². The zero-order valence-corrected chi connectivity index (χ0v) is 11.3. The standard InChI is InChI=1S/C16H20N2O/c1-16(19,13-7-3-2-4-8-13)11-18-12-17-14-9-5-6-10-15(14)18/h2-4,7-8,12,19H,5-6,9-11H2,1H3. The first-order chi connectivity index (χ1) is 9.17. The van der Waals surface area contributed by atoms with Crippen molar-refractivity contribution in [1.29, 1.82) is 0 Å². The van der Waals surface area contributed by atoms with E-state index in [0.717, 1.165) is 18.4 Å². The van der Waals surface area contributed by atoms with E-state index in [-0.39, 0.29) is 0 Å². The second-order valence-electron chi connectivity index (χ2n) is 5.61. The number of imidazole rings is 1. The smallest absolute Gasteiger partial charge is 0.105 e. The molecule has 0 saturated carbocycles. The van der Waals surface area contributed by atoms with E-state index in [1.807, 2.05) is 43.6 Å². The van der Waals surface area contributed by atoms with E-state index in [4.69, 9.17) is 0 Å². The van der Waals surface area contributed by atoms with Gasteiger partial charge in [-0.1, -0.05) is 30.3 Å². The molecule has 1 aromatic heterocycles. The SMILES string of the molecule is CC(O)(Cn1cnc2c1CCCC2)c1ccccc1. The van der Waals surface area contributed by atoms with Crippen LogP contribution in [0, 0.1) is 0 Å². The summed E-state index contributed by atoms with van der Waals surface area (Å²) < 4.78 is 2.13. The molecule has 100 valence electrons.